The number of fused-ring (bicyclic) bond motifs is 1. The maximum absolute atomic E-state index is 14.0. The van der Waals surface area contributed by atoms with Crippen molar-refractivity contribution >= 4 is 40.1 Å². The maximum Gasteiger partial charge on any atom is 0.294 e. The Morgan fingerprint density at radius 2 is 1.82 bits per heavy atom. The van der Waals surface area contributed by atoms with E-state index in [1.807, 2.05) is 49.9 Å². The van der Waals surface area contributed by atoms with Gasteiger partial charge in [-0.05, 0) is 44.9 Å². The lowest BCUT2D eigenvalue weighted by Crippen LogP contribution is -2.57. The van der Waals surface area contributed by atoms with Crippen molar-refractivity contribution in [3.63, 3.8) is 0 Å². The second-order valence-electron chi connectivity index (χ2n) is 10.3. The van der Waals surface area contributed by atoms with Crippen molar-refractivity contribution in [3.05, 3.63) is 64.3 Å². The number of aromatic nitrogens is 1. The van der Waals surface area contributed by atoms with E-state index >= 15 is 0 Å². The lowest BCUT2D eigenvalue weighted by atomic mass is 10.0. The summed E-state index contributed by atoms with van der Waals surface area (Å²) < 4.78 is 5.87. The summed E-state index contributed by atoms with van der Waals surface area (Å²) in [6.45, 7) is 10.8. The molecule has 2 aromatic carbocycles. The van der Waals surface area contributed by atoms with Crippen LogP contribution >= 0.6 is 11.6 Å². The standard InChI is InChI=1S/C30H37ClN4O4/c1-6-12-33(5)30(38)28(36)24-15-32-26-14-27(39-7-2)23(13-22(24)26)29(37)35-17-19(3)34(16-20(35)4)18-21-10-8-9-11-25(21)31/h8-11,13-15,19-20,32H,6-7,12,16-18H2,1-5H3/t19-,20?/m0/s1. The third kappa shape index (κ3) is 5.97. The number of Topliss-reactive ketones (excluding diaryl/α,β-unsaturated/α-hetero) is 1. The molecule has 1 aromatic heterocycles. The van der Waals surface area contributed by atoms with Gasteiger partial charge in [0.2, 0.25) is 0 Å². The number of rotatable bonds is 9. The number of benzene rings is 2. The lowest BCUT2D eigenvalue weighted by molar-refractivity contribution is -0.125. The van der Waals surface area contributed by atoms with Gasteiger partial charge in [0, 0.05) is 73.5 Å². The van der Waals surface area contributed by atoms with Crippen molar-refractivity contribution in [2.75, 3.05) is 33.3 Å². The molecule has 1 N–H and O–H groups in total. The van der Waals surface area contributed by atoms with Crippen molar-refractivity contribution < 1.29 is 19.1 Å². The molecule has 2 heterocycles. The molecular formula is C30H37ClN4O4. The van der Waals surface area contributed by atoms with E-state index in [9.17, 15) is 14.4 Å². The van der Waals surface area contributed by atoms with Crippen LogP contribution in [0.1, 0.15) is 60.4 Å². The SMILES string of the molecule is CCCN(C)C(=O)C(=O)c1c[nH]c2cc(OCC)c(C(=O)N3C[C@H](C)N(Cc4ccccc4Cl)CC3C)cc12. The van der Waals surface area contributed by atoms with E-state index in [-0.39, 0.29) is 23.6 Å². The zero-order valence-corrected chi connectivity index (χ0v) is 24.0. The van der Waals surface area contributed by atoms with E-state index in [0.29, 0.717) is 55.0 Å². The summed E-state index contributed by atoms with van der Waals surface area (Å²) in [7, 11) is 1.62. The third-order valence-electron chi connectivity index (χ3n) is 7.36. The molecule has 39 heavy (non-hydrogen) atoms. The number of piperazine rings is 1. The Balaban J connectivity index is 1.62. The summed E-state index contributed by atoms with van der Waals surface area (Å²) in [6, 6.07) is 11.3. The first kappa shape index (κ1) is 28.6. The fourth-order valence-electron chi connectivity index (χ4n) is 5.21. The van der Waals surface area contributed by atoms with Gasteiger partial charge in [0.15, 0.2) is 0 Å². The molecule has 8 nitrogen and oxygen atoms in total. The smallest absolute Gasteiger partial charge is 0.294 e. The summed E-state index contributed by atoms with van der Waals surface area (Å²) in [5.41, 5.74) is 2.33. The van der Waals surface area contributed by atoms with Gasteiger partial charge in [0.05, 0.1) is 17.7 Å². The average Bonchev–Trinajstić information content (AvgIpc) is 3.33. The van der Waals surface area contributed by atoms with Crippen LogP contribution in [0, 0.1) is 0 Å². The predicted octanol–water partition coefficient (Wildman–Crippen LogP) is 5.01. The highest BCUT2D eigenvalue weighted by Crippen LogP contribution is 2.31. The number of aromatic amines is 1. The van der Waals surface area contributed by atoms with Crippen LogP contribution in [0.2, 0.25) is 5.02 Å². The largest absolute Gasteiger partial charge is 0.493 e. The highest BCUT2D eigenvalue weighted by molar-refractivity contribution is 6.44. The number of ketones is 1. The molecule has 3 aromatic rings. The highest BCUT2D eigenvalue weighted by Gasteiger charge is 2.34. The number of hydrogen-bond donors (Lipinski definition) is 1. The topological polar surface area (TPSA) is 85.9 Å². The van der Waals surface area contributed by atoms with Gasteiger partial charge >= 0.3 is 0 Å². The van der Waals surface area contributed by atoms with Crippen molar-refractivity contribution in [2.45, 2.75) is 52.7 Å². The Bertz CT molecular complexity index is 1370. The van der Waals surface area contributed by atoms with Crippen LogP contribution < -0.4 is 4.74 Å². The molecule has 0 saturated carbocycles. The highest BCUT2D eigenvalue weighted by atomic mass is 35.5. The fourth-order valence-corrected chi connectivity index (χ4v) is 5.40. The number of likely N-dealkylation sites (N-methyl/N-ethyl adjacent to an activating group) is 1. The predicted molar refractivity (Wildman–Crippen MR) is 154 cm³/mol. The molecule has 1 fully saturated rings. The van der Waals surface area contributed by atoms with Gasteiger partial charge in [-0.25, -0.2) is 0 Å². The van der Waals surface area contributed by atoms with Crippen LogP contribution in [0.3, 0.4) is 0 Å². The monoisotopic (exact) mass is 552 g/mol. The summed E-state index contributed by atoms with van der Waals surface area (Å²) in [6.07, 6.45) is 2.29. The van der Waals surface area contributed by atoms with Crippen LogP contribution in [0.15, 0.2) is 42.6 Å². The van der Waals surface area contributed by atoms with Gasteiger partial charge in [-0.1, -0.05) is 36.7 Å². The maximum atomic E-state index is 14.0. The van der Waals surface area contributed by atoms with Crippen LogP contribution in [-0.4, -0.2) is 82.7 Å². The number of carbonyl (C=O) groups is 3. The van der Waals surface area contributed by atoms with Crippen LogP contribution in [0.5, 0.6) is 5.75 Å². The Kier molecular flexibility index (Phi) is 8.97. The van der Waals surface area contributed by atoms with Gasteiger partial charge in [-0.3, -0.25) is 19.3 Å². The van der Waals surface area contributed by atoms with Gasteiger partial charge in [-0.2, -0.15) is 0 Å². The Morgan fingerprint density at radius 3 is 2.51 bits per heavy atom. The average molecular weight is 553 g/mol. The molecule has 1 saturated heterocycles. The molecule has 4 rings (SSSR count). The van der Waals surface area contributed by atoms with Crippen molar-refractivity contribution in [1.29, 1.82) is 0 Å². The fraction of sp³-hybridized carbons (Fsp3) is 0.433. The minimum atomic E-state index is -0.602. The van der Waals surface area contributed by atoms with E-state index in [1.54, 1.807) is 19.2 Å². The molecule has 1 unspecified atom stereocenters. The molecule has 0 radical (unpaired) electrons. The van der Waals surface area contributed by atoms with Gasteiger partial charge in [-0.15, -0.1) is 0 Å². The summed E-state index contributed by atoms with van der Waals surface area (Å²) in [4.78, 5) is 48.5. The number of hydrogen-bond acceptors (Lipinski definition) is 5. The van der Waals surface area contributed by atoms with Gasteiger partial charge in [0.1, 0.15) is 5.75 Å². The molecule has 1 aliphatic rings. The van der Waals surface area contributed by atoms with Gasteiger partial charge < -0.3 is 19.5 Å². The number of nitrogens with one attached hydrogen (secondary N) is 1. The Morgan fingerprint density at radius 1 is 1.08 bits per heavy atom. The number of amides is 2. The second-order valence-corrected chi connectivity index (χ2v) is 10.7. The third-order valence-corrected chi connectivity index (χ3v) is 7.73. The molecule has 0 aliphatic carbocycles. The van der Waals surface area contributed by atoms with Crippen molar-refractivity contribution in [1.82, 2.24) is 19.7 Å². The van der Waals surface area contributed by atoms with E-state index < -0.39 is 11.7 Å². The molecule has 0 spiro atoms. The summed E-state index contributed by atoms with van der Waals surface area (Å²) in [5, 5.41) is 1.27. The molecule has 2 atom stereocenters. The number of H-pyrrole nitrogens is 1. The summed E-state index contributed by atoms with van der Waals surface area (Å²) >= 11 is 6.40. The minimum absolute atomic E-state index is 0.0574. The van der Waals surface area contributed by atoms with Gasteiger partial charge in [0.25, 0.3) is 17.6 Å². The summed E-state index contributed by atoms with van der Waals surface area (Å²) in [5.74, 6) is -0.888. The normalized spacial score (nSPS) is 17.8. The first-order valence-electron chi connectivity index (χ1n) is 13.5. The van der Waals surface area contributed by atoms with Crippen molar-refractivity contribution in [3.8, 4) is 5.75 Å². The number of nitrogens with zero attached hydrogens (tertiary/aromatic N) is 3. The number of ether oxygens (including phenoxy) is 1. The molecule has 1 aliphatic heterocycles. The molecule has 9 heteroatoms. The van der Waals surface area contributed by atoms with Crippen LogP contribution in [0.4, 0.5) is 0 Å². The Hall–Kier alpha value is -3.36. The molecule has 208 valence electrons. The minimum Gasteiger partial charge on any atom is -0.493 e. The van der Waals surface area contributed by atoms with E-state index in [2.05, 4.69) is 16.8 Å². The first-order valence-corrected chi connectivity index (χ1v) is 13.9. The number of halogens is 1. The van der Waals surface area contributed by atoms with E-state index in [1.165, 1.54) is 11.1 Å². The van der Waals surface area contributed by atoms with Crippen molar-refractivity contribution in [2.24, 2.45) is 0 Å². The molecule has 2 amide bonds. The van der Waals surface area contributed by atoms with E-state index in [4.69, 9.17) is 16.3 Å². The Labute approximate surface area is 234 Å². The number of carbonyl (C=O) groups excluding carboxylic acids is 3. The van der Waals surface area contributed by atoms with Crippen LogP contribution in [0.25, 0.3) is 10.9 Å². The zero-order chi connectivity index (χ0) is 28.3. The van der Waals surface area contributed by atoms with Crippen LogP contribution in [-0.2, 0) is 11.3 Å². The molecule has 0 bridgehead atoms. The lowest BCUT2D eigenvalue weighted by Gasteiger charge is -2.44. The first-order chi connectivity index (χ1) is 18.7. The quantitative estimate of drug-likeness (QED) is 0.298. The zero-order valence-electron chi connectivity index (χ0n) is 23.3. The van der Waals surface area contributed by atoms with E-state index in [0.717, 1.165) is 17.0 Å². The second kappa shape index (κ2) is 12.2. The molecular weight excluding hydrogens is 516 g/mol.